The monoisotopic (exact) mass is 852 g/mol. The summed E-state index contributed by atoms with van der Waals surface area (Å²) in [6.45, 7) is 0. The van der Waals surface area contributed by atoms with Crippen LogP contribution in [0, 0.1) is 0 Å². The summed E-state index contributed by atoms with van der Waals surface area (Å²) in [4.78, 5) is 20.9. The van der Waals surface area contributed by atoms with Gasteiger partial charge in [-0.25, -0.2) is 0 Å². The molecule has 9 heteroatoms. The molecule has 10 aromatic rings. The van der Waals surface area contributed by atoms with Crippen LogP contribution in [-0.4, -0.2) is 15.0 Å². The van der Waals surface area contributed by atoms with E-state index in [1.165, 1.54) is 0 Å². The Kier molecular flexibility index (Phi) is 8.63. The van der Waals surface area contributed by atoms with E-state index in [0.717, 1.165) is 119 Å². The Morgan fingerprint density at radius 1 is 0.242 bits per heavy atom. The third-order valence-corrected chi connectivity index (χ3v) is 12.3. The molecule has 66 heavy (non-hydrogen) atoms. The molecule has 7 aromatic carbocycles. The van der Waals surface area contributed by atoms with Crippen LogP contribution in [0.15, 0.2) is 219 Å². The molecule has 0 aliphatic carbocycles. The van der Waals surface area contributed by atoms with Crippen LogP contribution in [0.3, 0.4) is 0 Å². The Hall–Kier alpha value is -9.21. The lowest BCUT2D eigenvalue weighted by Crippen LogP contribution is -2.24. The Bertz CT molecular complexity index is 2970. The van der Waals surface area contributed by atoms with E-state index < -0.39 is 0 Å². The number of aromatic nitrogens is 3. The average molecular weight is 853 g/mol. The molecule has 0 amide bonds. The van der Waals surface area contributed by atoms with E-state index in [4.69, 9.17) is 14.2 Å². The van der Waals surface area contributed by atoms with Gasteiger partial charge in [0.15, 0.2) is 34.5 Å². The maximum atomic E-state index is 6.77. The minimum absolute atomic E-state index is 0.725. The highest BCUT2D eigenvalue weighted by Gasteiger charge is 2.41. The van der Waals surface area contributed by atoms with Crippen molar-refractivity contribution < 1.29 is 14.2 Å². The number of ether oxygens (including phenoxy) is 3. The predicted molar refractivity (Wildman–Crippen MR) is 260 cm³/mol. The van der Waals surface area contributed by atoms with Crippen molar-refractivity contribution in [1.82, 2.24) is 15.0 Å². The Labute approximate surface area is 380 Å². The Balaban J connectivity index is 1.34. The second-order valence-electron chi connectivity index (χ2n) is 16.0. The molecule has 0 atom stereocenters. The van der Waals surface area contributed by atoms with Gasteiger partial charge in [0, 0.05) is 53.9 Å². The van der Waals surface area contributed by atoms with Crippen molar-refractivity contribution in [2.75, 3.05) is 14.7 Å². The van der Waals surface area contributed by atoms with Crippen LogP contribution in [0.4, 0.5) is 51.2 Å². The molecule has 0 N–H and O–H groups in total. The average Bonchev–Trinajstić information content (AvgIpc) is 3.39. The highest BCUT2D eigenvalue weighted by Crippen LogP contribution is 2.67. The van der Waals surface area contributed by atoms with Gasteiger partial charge in [0.2, 0.25) is 0 Å². The van der Waals surface area contributed by atoms with Crippen molar-refractivity contribution in [3.8, 4) is 67.9 Å². The first-order valence-corrected chi connectivity index (χ1v) is 21.7. The van der Waals surface area contributed by atoms with Gasteiger partial charge in [-0.15, -0.1) is 0 Å². The first-order valence-electron chi connectivity index (χ1n) is 21.7. The topological polar surface area (TPSA) is 76.1 Å². The zero-order chi connectivity index (χ0) is 43.6. The van der Waals surface area contributed by atoms with Gasteiger partial charge in [-0.2, -0.15) is 0 Å². The van der Waals surface area contributed by atoms with E-state index in [1.54, 1.807) is 0 Å². The molecule has 13 rings (SSSR count). The van der Waals surface area contributed by atoms with Crippen molar-refractivity contribution in [3.63, 3.8) is 0 Å². The summed E-state index contributed by atoms with van der Waals surface area (Å²) in [6.07, 6.45) is 11.2. The molecule has 6 heterocycles. The normalized spacial score (nSPS) is 12.8. The Morgan fingerprint density at radius 2 is 0.439 bits per heavy atom. The summed E-state index contributed by atoms with van der Waals surface area (Å²) in [5.41, 5.74) is 13.6. The standard InChI is InChI=1S/C57H36N6O3/c1-7-19-46-40(13-1)61(41-14-2-8-20-47(41)64-46)55-52(37-25-31-58-32-26-37)56(62-42-15-3-9-21-48(42)65-49-22-10-4-16-43(49)62)54(39-29-35-60-36-30-39)57(53(55)38-27-33-59-34-28-38)63-44-17-5-11-23-50(44)66-51-24-12-6-18-45(51)63/h1-36H. The highest BCUT2D eigenvalue weighted by atomic mass is 16.5. The van der Waals surface area contributed by atoms with E-state index in [2.05, 4.69) is 139 Å². The van der Waals surface area contributed by atoms with Gasteiger partial charge in [-0.1, -0.05) is 72.8 Å². The van der Waals surface area contributed by atoms with Gasteiger partial charge < -0.3 is 28.9 Å². The lowest BCUT2D eigenvalue weighted by Gasteiger charge is -2.43. The van der Waals surface area contributed by atoms with Gasteiger partial charge in [0.1, 0.15) is 0 Å². The summed E-state index contributed by atoms with van der Waals surface area (Å²) in [5, 5.41) is 0. The van der Waals surface area contributed by atoms with Crippen molar-refractivity contribution in [1.29, 1.82) is 0 Å². The zero-order valence-corrected chi connectivity index (χ0v) is 35.2. The van der Waals surface area contributed by atoms with Gasteiger partial charge in [-0.3, -0.25) is 15.0 Å². The molecular weight excluding hydrogens is 817 g/mol. The number of para-hydroxylation sites is 12. The van der Waals surface area contributed by atoms with Gasteiger partial charge in [0.25, 0.3) is 0 Å². The molecule has 0 bridgehead atoms. The lowest BCUT2D eigenvalue weighted by atomic mass is 9.84. The molecule has 0 spiro atoms. The first-order chi connectivity index (χ1) is 32.8. The van der Waals surface area contributed by atoms with Crippen LogP contribution in [0.25, 0.3) is 33.4 Å². The van der Waals surface area contributed by atoms with E-state index >= 15 is 0 Å². The molecule has 3 aliphatic heterocycles. The number of anilines is 9. The third kappa shape index (κ3) is 5.84. The second-order valence-corrected chi connectivity index (χ2v) is 16.0. The first kappa shape index (κ1) is 37.4. The molecule has 9 nitrogen and oxygen atoms in total. The number of pyridine rings is 3. The largest absolute Gasteiger partial charge is 0.453 e. The lowest BCUT2D eigenvalue weighted by molar-refractivity contribution is 0.477. The summed E-state index contributed by atoms with van der Waals surface area (Å²) in [7, 11) is 0. The molecule has 3 aliphatic rings. The molecule has 3 aromatic heterocycles. The number of rotatable bonds is 6. The molecular formula is C57H36N6O3. The maximum absolute atomic E-state index is 6.77. The summed E-state index contributed by atoms with van der Waals surface area (Å²) < 4.78 is 20.3. The summed E-state index contributed by atoms with van der Waals surface area (Å²) in [5.74, 6) is 4.35. The molecule has 0 saturated carbocycles. The van der Waals surface area contributed by atoms with Gasteiger partial charge >= 0.3 is 0 Å². The maximum Gasteiger partial charge on any atom is 0.151 e. The van der Waals surface area contributed by atoms with Crippen molar-refractivity contribution in [3.05, 3.63) is 219 Å². The fourth-order valence-electron chi connectivity index (χ4n) is 9.59. The van der Waals surface area contributed by atoms with Crippen LogP contribution >= 0.6 is 0 Å². The molecule has 312 valence electrons. The fourth-order valence-corrected chi connectivity index (χ4v) is 9.59. The zero-order valence-electron chi connectivity index (χ0n) is 35.2. The van der Waals surface area contributed by atoms with Crippen molar-refractivity contribution in [2.24, 2.45) is 0 Å². The molecule has 0 radical (unpaired) electrons. The minimum Gasteiger partial charge on any atom is -0.453 e. The van der Waals surface area contributed by atoms with Crippen molar-refractivity contribution in [2.45, 2.75) is 0 Å². The van der Waals surface area contributed by atoms with Crippen LogP contribution in [-0.2, 0) is 0 Å². The van der Waals surface area contributed by atoms with E-state index in [9.17, 15) is 0 Å². The Morgan fingerprint density at radius 3 is 0.652 bits per heavy atom. The molecule has 0 saturated heterocycles. The number of fused-ring (bicyclic) bond motifs is 6. The molecule has 0 fully saturated rings. The van der Waals surface area contributed by atoms with E-state index in [-0.39, 0.29) is 0 Å². The van der Waals surface area contributed by atoms with E-state index in [0.29, 0.717) is 0 Å². The summed E-state index contributed by atoms with van der Waals surface area (Å²) >= 11 is 0. The second kappa shape index (κ2) is 15.3. The quantitative estimate of drug-likeness (QED) is 0.162. The van der Waals surface area contributed by atoms with Crippen LogP contribution in [0.1, 0.15) is 0 Å². The van der Waals surface area contributed by atoms with E-state index in [1.807, 2.05) is 110 Å². The molecule has 0 unspecified atom stereocenters. The highest BCUT2D eigenvalue weighted by molar-refractivity contribution is 6.19. The number of nitrogens with zero attached hydrogens (tertiary/aromatic N) is 6. The predicted octanol–water partition coefficient (Wildman–Crippen LogP) is 15.6. The third-order valence-electron chi connectivity index (χ3n) is 12.3. The van der Waals surface area contributed by atoms with Crippen LogP contribution < -0.4 is 28.9 Å². The van der Waals surface area contributed by atoms with Crippen LogP contribution in [0.5, 0.6) is 34.5 Å². The SMILES string of the molecule is c1ccc2c(c1)Oc1ccccc1N2c1c(-c2ccncc2)c(N2c3ccccc3Oc3ccccc32)c(-c2ccncc2)c(N2c3ccccc3Oc3ccccc32)c1-c1ccncc1. The van der Waals surface area contributed by atoms with Crippen LogP contribution in [0.2, 0.25) is 0 Å². The van der Waals surface area contributed by atoms with Gasteiger partial charge in [-0.05, 0) is 126 Å². The number of hydrogen-bond donors (Lipinski definition) is 0. The number of hydrogen-bond acceptors (Lipinski definition) is 9. The fraction of sp³-hybridized carbons (Fsp3) is 0. The number of benzene rings is 7. The summed E-state index contributed by atoms with van der Waals surface area (Å²) in [6, 6.07) is 62.1. The van der Waals surface area contributed by atoms with Gasteiger partial charge in [0.05, 0.1) is 51.2 Å². The minimum atomic E-state index is 0.725. The van der Waals surface area contributed by atoms with Crippen molar-refractivity contribution >= 4 is 51.2 Å². The smallest absolute Gasteiger partial charge is 0.151 e.